The molecule has 0 aliphatic carbocycles. The fourth-order valence-corrected chi connectivity index (χ4v) is 3.89. The highest BCUT2D eigenvalue weighted by atomic mass is 32.1. The Morgan fingerprint density at radius 1 is 0.826 bits per heavy atom. The minimum absolute atomic E-state index is 0.0341. The lowest BCUT2D eigenvalue weighted by Crippen LogP contribution is -2.22. The molecule has 112 valence electrons. The third-order valence-electron chi connectivity index (χ3n) is 3.94. The van der Waals surface area contributed by atoms with Crippen molar-refractivity contribution < 1.29 is 4.79 Å². The Bertz CT molecular complexity index is 988. The molecule has 0 bridgehead atoms. The lowest BCUT2D eigenvalue weighted by Gasteiger charge is -2.05. The summed E-state index contributed by atoms with van der Waals surface area (Å²) in [6, 6.07) is 24.2. The first-order chi connectivity index (χ1) is 11.3. The largest absolute Gasteiger partial charge is 0.348 e. The van der Waals surface area contributed by atoms with Crippen LogP contribution >= 0.6 is 11.3 Å². The van der Waals surface area contributed by atoms with Gasteiger partial charge in [-0.15, -0.1) is 11.3 Å². The van der Waals surface area contributed by atoms with Crippen LogP contribution in [-0.4, -0.2) is 5.91 Å². The lowest BCUT2D eigenvalue weighted by molar-refractivity contribution is 0.0951. The average molecular weight is 317 g/mol. The van der Waals surface area contributed by atoms with Crippen molar-refractivity contribution in [3.63, 3.8) is 0 Å². The summed E-state index contributed by atoms with van der Waals surface area (Å²) in [5.74, 6) is -0.0341. The zero-order valence-electron chi connectivity index (χ0n) is 12.5. The van der Waals surface area contributed by atoms with E-state index in [0.717, 1.165) is 10.3 Å². The van der Waals surface area contributed by atoms with E-state index in [1.54, 1.807) is 11.3 Å². The summed E-state index contributed by atoms with van der Waals surface area (Å²) < 4.78 is 2.41. The summed E-state index contributed by atoms with van der Waals surface area (Å²) in [6.45, 7) is 0.546. The van der Waals surface area contributed by atoms with Crippen molar-refractivity contribution in [1.82, 2.24) is 5.32 Å². The van der Waals surface area contributed by atoms with E-state index in [4.69, 9.17) is 0 Å². The third kappa shape index (κ3) is 2.71. The minimum atomic E-state index is -0.0341. The quantitative estimate of drug-likeness (QED) is 0.567. The van der Waals surface area contributed by atoms with Crippen molar-refractivity contribution in [2.45, 2.75) is 6.54 Å². The maximum absolute atomic E-state index is 12.4. The van der Waals surface area contributed by atoms with Gasteiger partial charge in [0.25, 0.3) is 5.91 Å². The number of rotatable bonds is 3. The van der Waals surface area contributed by atoms with Crippen LogP contribution in [0.5, 0.6) is 0 Å². The molecule has 1 amide bonds. The van der Waals surface area contributed by atoms with Gasteiger partial charge in [-0.1, -0.05) is 54.6 Å². The fourth-order valence-electron chi connectivity index (χ4n) is 2.75. The SMILES string of the molecule is O=C(NCc1ccccc1)c1ccc2c(c1)sc1ccccc12. The van der Waals surface area contributed by atoms with E-state index in [-0.39, 0.29) is 5.91 Å². The average Bonchev–Trinajstić information content (AvgIpc) is 2.98. The molecular formula is C20H15NOS. The van der Waals surface area contributed by atoms with Crippen LogP contribution in [-0.2, 0) is 6.54 Å². The summed E-state index contributed by atoms with van der Waals surface area (Å²) >= 11 is 1.73. The number of hydrogen-bond acceptors (Lipinski definition) is 2. The highest BCUT2D eigenvalue weighted by molar-refractivity contribution is 7.25. The van der Waals surface area contributed by atoms with Crippen molar-refractivity contribution in [2.24, 2.45) is 0 Å². The van der Waals surface area contributed by atoms with Crippen molar-refractivity contribution in [3.05, 3.63) is 83.9 Å². The Hall–Kier alpha value is -2.65. The van der Waals surface area contributed by atoms with Crippen LogP contribution in [0, 0.1) is 0 Å². The molecule has 0 saturated carbocycles. The summed E-state index contributed by atoms with van der Waals surface area (Å²) in [5.41, 5.74) is 1.81. The van der Waals surface area contributed by atoms with Gasteiger partial charge in [-0.05, 0) is 23.8 Å². The Kier molecular flexibility index (Phi) is 3.56. The molecule has 3 aromatic carbocycles. The van der Waals surface area contributed by atoms with Gasteiger partial charge in [-0.2, -0.15) is 0 Å². The van der Waals surface area contributed by atoms with Gasteiger partial charge in [0.1, 0.15) is 0 Å². The smallest absolute Gasteiger partial charge is 0.251 e. The number of fused-ring (bicyclic) bond motifs is 3. The summed E-state index contributed by atoms with van der Waals surface area (Å²) in [4.78, 5) is 12.4. The topological polar surface area (TPSA) is 29.1 Å². The molecule has 1 aromatic heterocycles. The maximum atomic E-state index is 12.4. The van der Waals surface area contributed by atoms with Gasteiger partial charge in [0.15, 0.2) is 0 Å². The van der Waals surface area contributed by atoms with Crippen LogP contribution in [0.3, 0.4) is 0 Å². The van der Waals surface area contributed by atoms with Crippen molar-refractivity contribution in [1.29, 1.82) is 0 Å². The lowest BCUT2D eigenvalue weighted by atomic mass is 10.1. The van der Waals surface area contributed by atoms with Gasteiger partial charge in [-0.25, -0.2) is 0 Å². The number of thiophene rings is 1. The van der Waals surface area contributed by atoms with E-state index in [1.807, 2.05) is 54.6 Å². The zero-order chi connectivity index (χ0) is 15.6. The predicted octanol–water partition coefficient (Wildman–Crippen LogP) is 4.98. The Balaban J connectivity index is 1.61. The molecule has 23 heavy (non-hydrogen) atoms. The molecule has 0 spiro atoms. The molecule has 0 aliphatic heterocycles. The molecular weight excluding hydrogens is 302 g/mol. The van der Waals surface area contributed by atoms with Crippen LogP contribution < -0.4 is 5.32 Å². The Labute approximate surface area is 138 Å². The summed E-state index contributed by atoms with van der Waals surface area (Å²) in [7, 11) is 0. The number of carbonyl (C=O) groups excluding carboxylic acids is 1. The van der Waals surface area contributed by atoms with E-state index in [9.17, 15) is 4.79 Å². The maximum Gasteiger partial charge on any atom is 0.251 e. The normalized spacial score (nSPS) is 11.0. The Morgan fingerprint density at radius 2 is 1.57 bits per heavy atom. The van der Waals surface area contributed by atoms with Gasteiger partial charge in [-0.3, -0.25) is 4.79 Å². The van der Waals surface area contributed by atoms with Crippen LogP contribution in [0.25, 0.3) is 20.2 Å². The highest BCUT2D eigenvalue weighted by Gasteiger charge is 2.09. The molecule has 4 rings (SSSR count). The second-order valence-electron chi connectivity index (χ2n) is 5.48. The number of hydrogen-bond donors (Lipinski definition) is 1. The van der Waals surface area contributed by atoms with Crippen LogP contribution in [0.2, 0.25) is 0 Å². The first-order valence-corrected chi connectivity index (χ1v) is 8.36. The first-order valence-electron chi connectivity index (χ1n) is 7.55. The molecule has 0 saturated heterocycles. The van der Waals surface area contributed by atoms with Gasteiger partial charge < -0.3 is 5.32 Å². The van der Waals surface area contributed by atoms with E-state index >= 15 is 0 Å². The number of amides is 1. The third-order valence-corrected chi connectivity index (χ3v) is 5.07. The van der Waals surface area contributed by atoms with Crippen molar-refractivity contribution >= 4 is 37.4 Å². The van der Waals surface area contributed by atoms with E-state index in [0.29, 0.717) is 12.1 Å². The highest BCUT2D eigenvalue weighted by Crippen LogP contribution is 2.33. The van der Waals surface area contributed by atoms with Gasteiger partial charge >= 0.3 is 0 Å². The van der Waals surface area contributed by atoms with Crippen molar-refractivity contribution in [2.75, 3.05) is 0 Å². The van der Waals surface area contributed by atoms with Crippen LogP contribution in [0.15, 0.2) is 72.8 Å². The second kappa shape index (κ2) is 5.86. The fraction of sp³-hybridized carbons (Fsp3) is 0.0500. The zero-order valence-corrected chi connectivity index (χ0v) is 13.3. The molecule has 0 fully saturated rings. The van der Waals surface area contributed by atoms with E-state index in [1.165, 1.54) is 15.5 Å². The number of carbonyl (C=O) groups is 1. The summed E-state index contributed by atoms with van der Waals surface area (Å²) in [5, 5.41) is 5.45. The Morgan fingerprint density at radius 3 is 2.43 bits per heavy atom. The molecule has 1 heterocycles. The molecule has 3 heteroatoms. The number of nitrogens with one attached hydrogen (secondary N) is 1. The van der Waals surface area contributed by atoms with Crippen LogP contribution in [0.1, 0.15) is 15.9 Å². The van der Waals surface area contributed by atoms with E-state index in [2.05, 4.69) is 23.5 Å². The monoisotopic (exact) mass is 317 g/mol. The molecule has 0 atom stereocenters. The van der Waals surface area contributed by atoms with Crippen molar-refractivity contribution in [3.8, 4) is 0 Å². The molecule has 0 unspecified atom stereocenters. The standard InChI is InChI=1S/C20H15NOS/c22-20(21-13-14-6-2-1-3-7-14)15-10-11-17-16-8-4-5-9-18(16)23-19(17)12-15/h1-12H,13H2,(H,21,22). The first kappa shape index (κ1) is 14.0. The predicted molar refractivity (Wildman–Crippen MR) is 96.9 cm³/mol. The molecule has 0 radical (unpaired) electrons. The number of benzene rings is 3. The van der Waals surface area contributed by atoms with Gasteiger partial charge in [0.2, 0.25) is 0 Å². The summed E-state index contributed by atoms with van der Waals surface area (Å²) in [6.07, 6.45) is 0. The van der Waals surface area contributed by atoms with Crippen LogP contribution in [0.4, 0.5) is 0 Å². The molecule has 2 nitrogen and oxygen atoms in total. The van der Waals surface area contributed by atoms with E-state index < -0.39 is 0 Å². The molecule has 0 aliphatic rings. The minimum Gasteiger partial charge on any atom is -0.348 e. The van der Waals surface area contributed by atoms with Gasteiger partial charge in [0.05, 0.1) is 0 Å². The second-order valence-corrected chi connectivity index (χ2v) is 6.56. The molecule has 1 N–H and O–H groups in total. The molecule has 4 aromatic rings. The van der Waals surface area contributed by atoms with Gasteiger partial charge in [0, 0.05) is 32.3 Å².